The number of rotatable bonds is 7. The first-order valence-electron chi connectivity index (χ1n) is 5.62. The van der Waals surface area contributed by atoms with Gasteiger partial charge in [0.1, 0.15) is 0 Å². The van der Waals surface area contributed by atoms with Crippen LogP contribution in [0.4, 0.5) is 39.5 Å². The number of carbonyl (C=O) groups is 1. The smallest absolute Gasteiger partial charge is 1.00 e. The van der Waals surface area contributed by atoms with Gasteiger partial charge in [-0.3, -0.25) is 9.35 Å². The second kappa shape index (κ2) is 8.19. The summed E-state index contributed by atoms with van der Waals surface area (Å²) in [6.45, 7) is -1.29. The SMILES string of the molecule is CC(C(=O)OCCC(F)(F)C(F)(F)C(F)(F)C(F)(F)F)S(=O)(=O)O.[H-].[Na+]. The van der Waals surface area contributed by atoms with Gasteiger partial charge in [0.2, 0.25) is 0 Å². The summed E-state index contributed by atoms with van der Waals surface area (Å²) in [5.41, 5.74) is 0. The van der Waals surface area contributed by atoms with Crippen LogP contribution in [0.5, 0.6) is 0 Å². The molecule has 0 rings (SSSR count). The Bertz CT molecular complexity index is 581. The van der Waals surface area contributed by atoms with Crippen molar-refractivity contribution >= 4 is 16.1 Å². The molecule has 0 saturated heterocycles. The van der Waals surface area contributed by atoms with E-state index in [4.69, 9.17) is 4.55 Å². The fourth-order valence-corrected chi connectivity index (χ4v) is 1.39. The third kappa shape index (κ3) is 5.87. The first kappa shape index (κ1) is 27.0. The molecule has 0 saturated carbocycles. The summed E-state index contributed by atoms with van der Waals surface area (Å²) >= 11 is 0. The number of hydrogen-bond acceptors (Lipinski definition) is 4. The molecular formula is C9H10F9NaO5S. The summed E-state index contributed by atoms with van der Waals surface area (Å²) in [7, 11) is -5.02. The van der Waals surface area contributed by atoms with E-state index in [1.807, 2.05) is 0 Å². The van der Waals surface area contributed by atoms with E-state index in [1.165, 1.54) is 0 Å². The predicted octanol–water partition coefficient (Wildman–Crippen LogP) is -0.219. The first-order valence-corrected chi connectivity index (χ1v) is 7.12. The van der Waals surface area contributed by atoms with Crippen molar-refractivity contribution in [3.8, 4) is 0 Å². The Morgan fingerprint density at radius 3 is 1.76 bits per heavy atom. The Labute approximate surface area is 158 Å². The molecule has 0 aromatic carbocycles. The van der Waals surface area contributed by atoms with Crippen molar-refractivity contribution in [3.05, 3.63) is 0 Å². The molecule has 0 bridgehead atoms. The molecule has 25 heavy (non-hydrogen) atoms. The summed E-state index contributed by atoms with van der Waals surface area (Å²) in [4.78, 5) is 11.0. The quantitative estimate of drug-likeness (QED) is 0.265. The van der Waals surface area contributed by atoms with E-state index in [9.17, 15) is 52.7 Å². The largest absolute Gasteiger partial charge is 1.00 e. The Kier molecular flexibility index (Phi) is 8.83. The van der Waals surface area contributed by atoms with E-state index in [0.717, 1.165) is 0 Å². The van der Waals surface area contributed by atoms with Crippen LogP contribution < -0.4 is 29.6 Å². The number of ether oxygens (including phenoxy) is 1. The minimum Gasteiger partial charge on any atom is -1.00 e. The molecule has 1 atom stereocenters. The first-order chi connectivity index (χ1) is 10.3. The van der Waals surface area contributed by atoms with E-state index in [0.29, 0.717) is 6.92 Å². The van der Waals surface area contributed by atoms with Crippen molar-refractivity contribution in [1.82, 2.24) is 0 Å². The maximum absolute atomic E-state index is 13.0. The van der Waals surface area contributed by atoms with Gasteiger partial charge in [-0.25, -0.2) is 0 Å². The zero-order valence-electron chi connectivity index (χ0n) is 13.4. The summed E-state index contributed by atoms with van der Waals surface area (Å²) in [6.07, 6.45) is -9.44. The van der Waals surface area contributed by atoms with E-state index in [2.05, 4.69) is 4.74 Å². The van der Waals surface area contributed by atoms with Crippen LogP contribution in [0.25, 0.3) is 0 Å². The van der Waals surface area contributed by atoms with E-state index in [1.54, 1.807) is 0 Å². The molecule has 0 aliphatic heterocycles. The minimum atomic E-state index is -7.07. The van der Waals surface area contributed by atoms with Gasteiger partial charge in [0, 0.05) is 0 Å². The summed E-state index contributed by atoms with van der Waals surface area (Å²) in [5, 5.41) is -2.32. The Hall–Kier alpha value is -0.250. The Morgan fingerprint density at radius 2 is 1.44 bits per heavy atom. The Balaban J connectivity index is -0.00000264. The number of halogens is 9. The summed E-state index contributed by atoms with van der Waals surface area (Å²) in [6, 6.07) is 0. The molecular weight excluding hydrogens is 414 g/mol. The van der Waals surface area contributed by atoms with Crippen LogP contribution in [-0.2, 0) is 19.6 Å². The summed E-state index contributed by atoms with van der Waals surface area (Å²) < 4.78 is 145. The third-order valence-electron chi connectivity index (χ3n) is 2.65. The second-order valence-corrected chi connectivity index (χ2v) is 6.16. The van der Waals surface area contributed by atoms with Gasteiger partial charge in [0.25, 0.3) is 10.1 Å². The van der Waals surface area contributed by atoms with Crippen LogP contribution >= 0.6 is 0 Å². The van der Waals surface area contributed by atoms with Crippen LogP contribution in [0.2, 0.25) is 0 Å². The van der Waals surface area contributed by atoms with Crippen LogP contribution in [0.3, 0.4) is 0 Å². The van der Waals surface area contributed by atoms with Crippen molar-refractivity contribution in [2.45, 2.75) is 42.5 Å². The van der Waals surface area contributed by atoms with Crippen LogP contribution in [0, 0.1) is 0 Å². The van der Waals surface area contributed by atoms with Gasteiger partial charge < -0.3 is 6.16 Å². The zero-order chi connectivity index (χ0) is 19.8. The van der Waals surface area contributed by atoms with Crippen molar-refractivity contribution < 1.29 is 93.0 Å². The molecule has 0 aliphatic carbocycles. The fraction of sp³-hybridized carbons (Fsp3) is 0.889. The Morgan fingerprint density at radius 1 is 1.04 bits per heavy atom. The molecule has 0 heterocycles. The van der Waals surface area contributed by atoms with Crippen LogP contribution in [0.15, 0.2) is 0 Å². The van der Waals surface area contributed by atoms with E-state index < -0.39 is 58.3 Å². The van der Waals surface area contributed by atoms with E-state index >= 15 is 0 Å². The molecule has 0 aromatic heterocycles. The van der Waals surface area contributed by atoms with Crippen molar-refractivity contribution in [2.75, 3.05) is 6.61 Å². The van der Waals surface area contributed by atoms with Crippen LogP contribution in [-0.4, -0.2) is 54.7 Å². The summed E-state index contributed by atoms with van der Waals surface area (Å²) in [5.74, 6) is -21.8. The number of esters is 1. The molecule has 1 N–H and O–H groups in total. The molecule has 0 fully saturated rings. The maximum Gasteiger partial charge on any atom is 1.00 e. The van der Waals surface area contributed by atoms with Crippen molar-refractivity contribution in [1.29, 1.82) is 0 Å². The molecule has 0 aliphatic rings. The predicted molar refractivity (Wildman–Crippen MR) is 58.6 cm³/mol. The number of carbonyl (C=O) groups excluding carboxylic acids is 1. The maximum atomic E-state index is 13.0. The molecule has 0 spiro atoms. The molecule has 0 amide bonds. The van der Waals surface area contributed by atoms with Crippen molar-refractivity contribution in [3.63, 3.8) is 0 Å². The average molecular weight is 424 g/mol. The molecule has 0 radical (unpaired) electrons. The molecule has 16 heteroatoms. The number of alkyl halides is 9. The molecule has 1 unspecified atom stereocenters. The third-order valence-corrected chi connectivity index (χ3v) is 3.73. The van der Waals surface area contributed by atoms with Gasteiger partial charge >= 0.3 is 59.5 Å². The topological polar surface area (TPSA) is 80.7 Å². The monoisotopic (exact) mass is 424 g/mol. The van der Waals surface area contributed by atoms with Gasteiger partial charge in [0.15, 0.2) is 5.25 Å². The minimum absolute atomic E-state index is 0. The standard InChI is InChI=1S/C9H9F9O5S.Na.H/c1-4(24(20,21)22)5(19)23-3-2-6(10,11)7(12,13)8(14,15)9(16,17)18;;/h4H,2-3H2,1H3,(H,20,21,22);;/q;+1;-1. The average Bonchev–Trinajstić information content (AvgIpc) is 2.34. The van der Waals surface area contributed by atoms with Gasteiger partial charge in [-0.15, -0.1) is 0 Å². The zero-order valence-corrected chi connectivity index (χ0v) is 15.2. The van der Waals surface area contributed by atoms with Gasteiger partial charge in [-0.2, -0.15) is 47.9 Å². The van der Waals surface area contributed by atoms with Gasteiger partial charge in [-0.1, -0.05) is 0 Å². The van der Waals surface area contributed by atoms with Crippen LogP contribution in [0.1, 0.15) is 14.8 Å². The normalized spacial score (nSPS) is 15.3. The molecule has 0 aromatic rings. The fourth-order valence-electron chi connectivity index (χ4n) is 1.08. The number of hydrogen-bond donors (Lipinski definition) is 1. The molecule has 146 valence electrons. The molecule has 5 nitrogen and oxygen atoms in total. The van der Waals surface area contributed by atoms with Crippen molar-refractivity contribution in [2.24, 2.45) is 0 Å². The van der Waals surface area contributed by atoms with Gasteiger partial charge in [-0.05, 0) is 6.92 Å². The van der Waals surface area contributed by atoms with E-state index in [-0.39, 0.29) is 31.0 Å². The second-order valence-electron chi connectivity index (χ2n) is 4.43. The van der Waals surface area contributed by atoms with Gasteiger partial charge in [0.05, 0.1) is 13.0 Å².